The SMILES string of the molecule is CNC(=O)[C@H](C#N)C(=O)c1cc(Br)cc(OC(C)C)c1. The van der Waals surface area contributed by atoms with E-state index in [1.54, 1.807) is 18.2 Å². The van der Waals surface area contributed by atoms with Gasteiger partial charge in [0.05, 0.1) is 12.2 Å². The van der Waals surface area contributed by atoms with Gasteiger partial charge in [-0.15, -0.1) is 0 Å². The van der Waals surface area contributed by atoms with E-state index in [1.165, 1.54) is 13.1 Å². The molecule has 0 saturated carbocycles. The molecule has 0 aliphatic heterocycles. The Kier molecular flexibility index (Phi) is 5.71. The number of Topliss-reactive ketones (excluding diaryl/α,β-unsaturated/α-hetero) is 1. The Morgan fingerprint density at radius 2 is 2.00 bits per heavy atom. The van der Waals surface area contributed by atoms with Gasteiger partial charge in [-0.3, -0.25) is 9.59 Å². The molecule has 0 saturated heterocycles. The van der Waals surface area contributed by atoms with E-state index >= 15 is 0 Å². The third kappa shape index (κ3) is 4.07. The van der Waals surface area contributed by atoms with Crippen LogP contribution in [0, 0.1) is 17.2 Å². The molecule has 1 aromatic rings. The van der Waals surface area contributed by atoms with E-state index in [9.17, 15) is 9.59 Å². The molecule has 0 aliphatic rings. The van der Waals surface area contributed by atoms with Crippen LogP contribution in [0.3, 0.4) is 0 Å². The fourth-order valence-corrected chi connectivity index (χ4v) is 2.06. The van der Waals surface area contributed by atoms with Crippen LogP contribution in [-0.2, 0) is 4.79 Å². The van der Waals surface area contributed by atoms with Gasteiger partial charge in [0, 0.05) is 17.1 Å². The lowest BCUT2D eigenvalue weighted by atomic mass is 9.98. The maximum absolute atomic E-state index is 12.2. The van der Waals surface area contributed by atoms with E-state index in [2.05, 4.69) is 21.2 Å². The molecule has 5 nitrogen and oxygen atoms in total. The molecule has 0 unspecified atom stereocenters. The molecule has 0 heterocycles. The smallest absolute Gasteiger partial charge is 0.245 e. The number of carbonyl (C=O) groups excluding carboxylic acids is 2. The largest absolute Gasteiger partial charge is 0.491 e. The standard InChI is InChI=1S/C14H15BrN2O3/c1-8(2)20-11-5-9(4-10(15)6-11)13(18)12(7-16)14(19)17-3/h4-6,8,12H,1-3H3,(H,17,19)/t12-/m1/s1. The van der Waals surface area contributed by atoms with E-state index in [-0.39, 0.29) is 11.7 Å². The Balaban J connectivity index is 3.12. The second-order valence-electron chi connectivity index (χ2n) is 4.38. The van der Waals surface area contributed by atoms with Crippen molar-refractivity contribution in [3.8, 4) is 11.8 Å². The number of nitriles is 1. The predicted molar refractivity (Wildman–Crippen MR) is 77.4 cm³/mol. The normalized spacial score (nSPS) is 11.6. The van der Waals surface area contributed by atoms with E-state index in [4.69, 9.17) is 10.00 Å². The number of rotatable bonds is 5. The van der Waals surface area contributed by atoms with E-state index in [0.717, 1.165) is 0 Å². The summed E-state index contributed by atoms with van der Waals surface area (Å²) in [5, 5.41) is 11.3. The first-order chi connectivity index (χ1) is 9.38. The number of ether oxygens (including phenoxy) is 1. The Morgan fingerprint density at radius 1 is 1.35 bits per heavy atom. The number of hydrogen-bond acceptors (Lipinski definition) is 4. The van der Waals surface area contributed by atoms with Crippen LogP contribution >= 0.6 is 15.9 Å². The molecule has 20 heavy (non-hydrogen) atoms. The van der Waals surface area contributed by atoms with Gasteiger partial charge in [-0.05, 0) is 32.0 Å². The van der Waals surface area contributed by atoms with Crippen LogP contribution in [0.2, 0.25) is 0 Å². The third-order valence-electron chi connectivity index (χ3n) is 2.43. The lowest BCUT2D eigenvalue weighted by Crippen LogP contribution is -2.32. The highest BCUT2D eigenvalue weighted by molar-refractivity contribution is 9.10. The second kappa shape index (κ2) is 7.06. The van der Waals surface area contributed by atoms with Gasteiger partial charge >= 0.3 is 0 Å². The highest BCUT2D eigenvalue weighted by atomic mass is 79.9. The molecular formula is C14H15BrN2O3. The van der Waals surface area contributed by atoms with Gasteiger partial charge in [0.2, 0.25) is 5.91 Å². The summed E-state index contributed by atoms with van der Waals surface area (Å²) in [4.78, 5) is 23.7. The summed E-state index contributed by atoms with van der Waals surface area (Å²) in [7, 11) is 1.38. The van der Waals surface area contributed by atoms with Crippen molar-refractivity contribution in [2.45, 2.75) is 20.0 Å². The molecule has 1 atom stereocenters. The zero-order valence-electron chi connectivity index (χ0n) is 11.4. The predicted octanol–water partition coefficient (Wildman–Crippen LogP) is 2.30. The average molecular weight is 339 g/mol. The first-order valence-corrected chi connectivity index (χ1v) is 6.81. The zero-order valence-corrected chi connectivity index (χ0v) is 13.0. The van der Waals surface area contributed by atoms with Crippen molar-refractivity contribution >= 4 is 27.6 Å². The van der Waals surface area contributed by atoms with Crippen molar-refractivity contribution in [3.05, 3.63) is 28.2 Å². The van der Waals surface area contributed by atoms with Crippen molar-refractivity contribution in [1.82, 2.24) is 5.32 Å². The zero-order chi connectivity index (χ0) is 15.3. The minimum atomic E-state index is -1.36. The van der Waals surface area contributed by atoms with Crippen LogP contribution in [0.4, 0.5) is 0 Å². The number of benzene rings is 1. The fraction of sp³-hybridized carbons (Fsp3) is 0.357. The van der Waals surface area contributed by atoms with Crippen LogP contribution in [0.15, 0.2) is 22.7 Å². The number of nitrogens with one attached hydrogen (secondary N) is 1. The first kappa shape index (κ1) is 16.2. The Bertz CT molecular complexity index is 564. The molecule has 0 aromatic heterocycles. The van der Waals surface area contributed by atoms with E-state index in [0.29, 0.717) is 10.2 Å². The van der Waals surface area contributed by atoms with Gasteiger partial charge in [0.15, 0.2) is 11.7 Å². The molecule has 1 amide bonds. The van der Waals surface area contributed by atoms with Crippen LogP contribution < -0.4 is 10.1 Å². The minimum Gasteiger partial charge on any atom is -0.491 e. The number of amides is 1. The summed E-state index contributed by atoms with van der Waals surface area (Å²) in [5.74, 6) is -2.03. The minimum absolute atomic E-state index is 0.0436. The van der Waals surface area contributed by atoms with Gasteiger partial charge in [-0.25, -0.2) is 0 Å². The summed E-state index contributed by atoms with van der Waals surface area (Å²) in [6, 6.07) is 6.52. The number of nitrogens with zero attached hydrogens (tertiary/aromatic N) is 1. The quantitative estimate of drug-likeness (QED) is 0.659. The van der Waals surface area contributed by atoms with Gasteiger partial charge < -0.3 is 10.1 Å². The highest BCUT2D eigenvalue weighted by Crippen LogP contribution is 2.24. The highest BCUT2D eigenvalue weighted by Gasteiger charge is 2.27. The van der Waals surface area contributed by atoms with Crippen LogP contribution in [0.25, 0.3) is 0 Å². The number of hydrogen-bond donors (Lipinski definition) is 1. The van der Waals surface area contributed by atoms with Crippen molar-refractivity contribution < 1.29 is 14.3 Å². The summed E-state index contributed by atoms with van der Waals surface area (Å²) in [5.41, 5.74) is 0.255. The maximum atomic E-state index is 12.2. The van der Waals surface area contributed by atoms with Gasteiger partial charge in [0.25, 0.3) is 0 Å². The lowest BCUT2D eigenvalue weighted by molar-refractivity contribution is -0.121. The molecule has 0 fully saturated rings. The Morgan fingerprint density at radius 3 is 2.50 bits per heavy atom. The van der Waals surface area contributed by atoms with Gasteiger partial charge in [-0.1, -0.05) is 15.9 Å². The second-order valence-corrected chi connectivity index (χ2v) is 5.30. The van der Waals surface area contributed by atoms with E-state index in [1.807, 2.05) is 13.8 Å². The summed E-state index contributed by atoms with van der Waals surface area (Å²) < 4.78 is 6.17. The Labute approximate surface area is 126 Å². The van der Waals surface area contributed by atoms with E-state index < -0.39 is 17.6 Å². The summed E-state index contributed by atoms with van der Waals surface area (Å²) >= 11 is 3.28. The molecule has 1 rings (SSSR count). The molecule has 0 spiro atoms. The van der Waals surface area contributed by atoms with Crippen molar-refractivity contribution in [2.24, 2.45) is 5.92 Å². The van der Waals surface area contributed by atoms with Crippen molar-refractivity contribution in [2.75, 3.05) is 7.05 Å². The molecule has 1 aromatic carbocycles. The monoisotopic (exact) mass is 338 g/mol. The fourth-order valence-electron chi connectivity index (χ4n) is 1.59. The number of ketones is 1. The molecule has 0 radical (unpaired) electrons. The van der Waals surface area contributed by atoms with Crippen LogP contribution in [0.5, 0.6) is 5.75 Å². The molecule has 106 valence electrons. The topological polar surface area (TPSA) is 79.2 Å². The number of halogens is 1. The molecule has 0 aliphatic carbocycles. The average Bonchev–Trinajstić information content (AvgIpc) is 2.37. The van der Waals surface area contributed by atoms with Gasteiger partial charge in [0.1, 0.15) is 5.75 Å². The van der Waals surface area contributed by atoms with Crippen molar-refractivity contribution in [3.63, 3.8) is 0 Å². The lowest BCUT2D eigenvalue weighted by Gasteiger charge is -2.12. The maximum Gasteiger partial charge on any atom is 0.245 e. The first-order valence-electron chi connectivity index (χ1n) is 6.01. The molecule has 0 bridgehead atoms. The summed E-state index contributed by atoms with van der Waals surface area (Å²) in [6.07, 6.45) is -0.0436. The van der Waals surface area contributed by atoms with Crippen LogP contribution in [0.1, 0.15) is 24.2 Å². The molecular weight excluding hydrogens is 324 g/mol. The molecule has 1 N–H and O–H groups in total. The third-order valence-corrected chi connectivity index (χ3v) is 2.89. The number of carbonyl (C=O) groups is 2. The van der Waals surface area contributed by atoms with Gasteiger partial charge in [-0.2, -0.15) is 5.26 Å². The van der Waals surface area contributed by atoms with Crippen LogP contribution in [-0.4, -0.2) is 24.8 Å². The summed E-state index contributed by atoms with van der Waals surface area (Å²) in [6.45, 7) is 3.73. The molecule has 6 heteroatoms. The Hall–Kier alpha value is -1.87. The van der Waals surface area contributed by atoms with Crippen molar-refractivity contribution in [1.29, 1.82) is 5.26 Å².